The minimum Gasteiger partial charge on any atom is -0.389 e. The minimum atomic E-state index is -1.39. The van der Waals surface area contributed by atoms with Gasteiger partial charge in [0.2, 0.25) is 17.7 Å². The molecule has 2 aliphatic heterocycles. The SMILES string of the molecule is CCCCCN1CC(C(=O)N[C@@H](Cc2cc(F)cc(F)c2)[C@H](O)[C@@H]2NCCN(Cc3ccccc3)C2=O)CC1=O. The van der Waals surface area contributed by atoms with E-state index in [1.807, 2.05) is 30.3 Å². The second kappa shape index (κ2) is 13.8. The van der Waals surface area contributed by atoms with E-state index in [-0.39, 0.29) is 36.8 Å². The lowest BCUT2D eigenvalue weighted by atomic mass is 9.93. The van der Waals surface area contributed by atoms with Gasteiger partial charge in [-0.3, -0.25) is 14.4 Å². The highest BCUT2D eigenvalue weighted by Gasteiger charge is 2.40. The van der Waals surface area contributed by atoms with E-state index in [9.17, 15) is 28.3 Å². The van der Waals surface area contributed by atoms with Gasteiger partial charge in [0.1, 0.15) is 17.7 Å². The third kappa shape index (κ3) is 7.63. The van der Waals surface area contributed by atoms with E-state index in [1.165, 1.54) is 0 Å². The molecule has 216 valence electrons. The first-order valence-corrected chi connectivity index (χ1v) is 14.0. The fraction of sp³-hybridized carbons (Fsp3) is 0.500. The van der Waals surface area contributed by atoms with E-state index >= 15 is 0 Å². The first kappa shape index (κ1) is 29.6. The van der Waals surface area contributed by atoms with Crippen molar-refractivity contribution in [2.75, 3.05) is 26.2 Å². The second-order valence-corrected chi connectivity index (χ2v) is 10.7. The van der Waals surface area contributed by atoms with Crippen LogP contribution in [0.3, 0.4) is 0 Å². The van der Waals surface area contributed by atoms with Crippen LogP contribution in [0.5, 0.6) is 0 Å². The van der Waals surface area contributed by atoms with Gasteiger partial charge in [0, 0.05) is 45.2 Å². The van der Waals surface area contributed by atoms with E-state index in [0.29, 0.717) is 26.2 Å². The van der Waals surface area contributed by atoms with Gasteiger partial charge < -0.3 is 25.5 Å². The highest BCUT2D eigenvalue weighted by Crippen LogP contribution is 2.21. The lowest BCUT2D eigenvalue weighted by Gasteiger charge is -2.38. The minimum absolute atomic E-state index is 0.0564. The van der Waals surface area contributed by atoms with Gasteiger partial charge in [-0.15, -0.1) is 0 Å². The van der Waals surface area contributed by atoms with Crippen LogP contribution >= 0.6 is 0 Å². The molecule has 0 saturated carbocycles. The summed E-state index contributed by atoms with van der Waals surface area (Å²) in [6.45, 7) is 4.18. The number of hydrogen-bond donors (Lipinski definition) is 3. The zero-order valence-electron chi connectivity index (χ0n) is 22.8. The molecule has 2 heterocycles. The lowest BCUT2D eigenvalue weighted by molar-refractivity contribution is -0.141. The summed E-state index contributed by atoms with van der Waals surface area (Å²) in [7, 11) is 0. The molecule has 2 aromatic carbocycles. The summed E-state index contributed by atoms with van der Waals surface area (Å²) in [6, 6.07) is 10.5. The van der Waals surface area contributed by atoms with Gasteiger partial charge in [0.25, 0.3) is 0 Å². The average molecular weight is 557 g/mol. The largest absolute Gasteiger partial charge is 0.389 e. The van der Waals surface area contributed by atoms with Crippen molar-refractivity contribution in [1.29, 1.82) is 0 Å². The number of halogens is 2. The molecule has 4 atom stereocenters. The molecule has 0 spiro atoms. The molecule has 0 aromatic heterocycles. The van der Waals surface area contributed by atoms with Crippen LogP contribution in [0.1, 0.15) is 43.7 Å². The topological polar surface area (TPSA) is 102 Å². The third-order valence-corrected chi connectivity index (χ3v) is 7.62. The molecule has 10 heteroatoms. The van der Waals surface area contributed by atoms with Crippen molar-refractivity contribution in [3.63, 3.8) is 0 Å². The van der Waals surface area contributed by atoms with Crippen LogP contribution in [0.2, 0.25) is 0 Å². The molecule has 8 nitrogen and oxygen atoms in total. The first-order valence-electron chi connectivity index (χ1n) is 14.0. The number of aliphatic hydroxyl groups is 1. The number of aliphatic hydroxyl groups excluding tert-OH is 1. The Morgan fingerprint density at radius 1 is 1.07 bits per heavy atom. The molecular weight excluding hydrogens is 518 g/mol. The van der Waals surface area contributed by atoms with E-state index < -0.39 is 41.6 Å². The maximum absolute atomic E-state index is 14.0. The monoisotopic (exact) mass is 556 g/mol. The van der Waals surface area contributed by atoms with Gasteiger partial charge in [0.15, 0.2) is 0 Å². The van der Waals surface area contributed by atoms with Crippen molar-refractivity contribution in [2.45, 2.75) is 63.8 Å². The highest BCUT2D eigenvalue weighted by atomic mass is 19.1. The van der Waals surface area contributed by atoms with Crippen LogP contribution in [-0.4, -0.2) is 77.0 Å². The van der Waals surface area contributed by atoms with Crippen LogP contribution in [-0.2, 0) is 27.3 Å². The van der Waals surface area contributed by atoms with Gasteiger partial charge in [-0.1, -0.05) is 50.1 Å². The summed E-state index contributed by atoms with van der Waals surface area (Å²) in [6.07, 6.45) is 1.43. The Hall–Kier alpha value is -3.37. The molecule has 2 fully saturated rings. The van der Waals surface area contributed by atoms with Crippen LogP contribution in [0.25, 0.3) is 0 Å². The number of piperazine rings is 1. The number of benzene rings is 2. The third-order valence-electron chi connectivity index (χ3n) is 7.62. The van der Waals surface area contributed by atoms with Crippen molar-refractivity contribution >= 4 is 17.7 Å². The molecule has 2 aromatic rings. The number of hydrogen-bond acceptors (Lipinski definition) is 5. The van der Waals surface area contributed by atoms with Gasteiger partial charge in [-0.25, -0.2) is 8.78 Å². The quantitative estimate of drug-likeness (QED) is 0.349. The predicted molar refractivity (Wildman–Crippen MR) is 146 cm³/mol. The van der Waals surface area contributed by atoms with E-state index in [1.54, 1.807) is 9.80 Å². The molecule has 2 aliphatic rings. The number of nitrogens with one attached hydrogen (secondary N) is 2. The van der Waals surface area contributed by atoms with Crippen molar-refractivity contribution in [3.05, 3.63) is 71.3 Å². The second-order valence-electron chi connectivity index (χ2n) is 10.7. The number of carbonyl (C=O) groups excluding carboxylic acids is 3. The normalized spacial score (nSPS) is 21.0. The van der Waals surface area contributed by atoms with E-state index in [2.05, 4.69) is 17.6 Å². The summed E-state index contributed by atoms with van der Waals surface area (Å²) in [4.78, 5) is 42.5. The van der Waals surface area contributed by atoms with Crippen LogP contribution < -0.4 is 10.6 Å². The molecule has 2 saturated heterocycles. The zero-order valence-corrected chi connectivity index (χ0v) is 22.8. The lowest BCUT2D eigenvalue weighted by Crippen LogP contribution is -2.64. The Morgan fingerprint density at radius 2 is 1.80 bits per heavy atom. The van der Waals surface area contributed by atoms with Gasteiger partial charge in [-0.05, 0) is 36.1 Å². The molecule has 40 heavy (non-hydrogen) atoms. The molecule has 0 radical (unpaired) electrons. The molecule has 4 rings (SSSR count). The van der Waals surface area contributed by atoms with Crippen molar-refractivity contribution in [1.82, 2.24) is 20.4 Å². The molecule has 3 amide bonds. The zero-order chi connectivity index (χ0) is 28.6. The van der Waals surface area contributed by atoms with E-state index in [4.69, 9.17) is 0 Å². The molecule has 0 bridgehead atoms. The first-order chi connectivity index (χ1) is 19.2. The highest BCUT2D eigenvalue weighted by molar-refractivity contribution is 5.89. The van der Waals surface area contributed by atoms with Crippen LogP contribution in [0.15, 0.2) is 48.5 Å². The van der Waals surface area contributed by atoms with Crippen LogP contribution in [0, 0.1) is 17.6 Å². The van der Waals surface area contributed by atoms with Crippen molar-refractivity contribution in [2.24, 2.45) is 5.92 Å². The molecule has 1 unspecified atom stereocenters. The Morgan fingerprint density at radius 3 is 2.50 bits per heavy atom. The maximum Gasteiger partial charge on any atom is 0.242 e. The molecular formula is C30H38F2N4O4. The standard InChI is InChI=1S/C30H38F2N4O4/c1-2-3-7-11-35-19-22(16-26(35)37)29(39)34-25(15-21-13-23(31)17-24(32)14-21)28(38)27-30(40)36(12-10-33-27)18-20-8-5-4-6-9-20/h4-6,8-9,13-14,17,22,25,27-28,33,38H,2-3,7,10-12,15-16,18-19H2,1H3,(H,34,39)/t22?,25-,27-,28-/m0/s1. The number of unbranched alkanes of at least 4 members (excludes halogenated alkanes) is 2. The summed E-state index contributed by atoms with van der Waals surface area (Å²) in [5.41, 5.74) is 1.18. The Labute approximate surface area is 233 Å². The Kier molecular flexibility index (Phi) is 10.2. The fourth-order valence-electron chi connectivity index (χ4n) is 5.47. The number of nitrogens with zero attached hydrogens (tertiary/aromatic N) is 2. The number of amides is 3. The Bertz CT molecular complexity index is 1160. The number of likely N-dealkylation sites (tertiary alicyclic amines) is 1. The van der Waals surface area contributed by atoms with Gasteiger partial charge >= 0.3 is 0 Å². The number of rotatable bonds is 12. The smallest absolute Gasteiger partial charge is 0.242 e. The summed E-state index contributed by atoms with van der Waals surface area (Å²) in [5, 5.41) is 17.3. The van der Waals surface area contributed by atoms with E-state index in [0.717, 1.165) is 43.0 Å². The molecule has 3 N–H and O–H groups in total. The molecule has 0 aliphatic carbocycles. The van der Waals surface area contributed by atoms with Crippen molar-refractivity contribution < 1.29 is 28.3 Å². The summed E-state index contributed by atoms with van der Waals surface area (Å²) in [5.74, 6) is -3.03. The predicted octanol–water partition coefficient (Wildman–Crippen LogP) is 2.39. The van der Waals surface area contributed by atoms with Crippen molar-refractivity contribution in [3.8, 4) is 0 Å². The average Bonchev–Trinajstić information content (AvgIpc) is 3.30. The number of carbonyl (C=O) groups is 3. The summed E-state index contributed by atoms with van der Waals surface area (Å²) < 4.78 is 27.9. The maximum atomic E-state index is 14.0. The van der Waals surface area contributed by atoms with Gasteiger partial charge in [-0.2, -0.15) is 0 Å². The summed E-state index contributed by atoms with van der Waals surface area (Å²) >= 11 is 0. The Balaban J connectivity index is 1.49. The van der Waals surface area contributed by atoms with Gasteiger partial charge in [0.05, 0.1) is 18.1 Å². The fourth-order valence-corrected chi connectivity index (χ4v) is 5.47. The van der Waals surface area contributed by atoms with Crippen LogP contribution in [0.4, 0.5) is 8.78 Å².